The van der Waals surface area contributed by atoms with Gasteiger partial charge in [0.2, 0.25) is 6.79 Å². The zero-order valence-corrected chi connectivity index (χ0v) is 13.2. The maximum atomic E-state index is 5.48. The van der Waals surface area contributed by atoms with Gasteiger partial charge >= 0.3 is 0 Å². The van der Waals surface area contributed by atoms with Crippen molar-refractivity contribution in [3.63, 3.8) is 0 Å². The molecule has 2 aliphatic rings. The fourth-order valence-corrected chi connectivity index (χ4v) is 3.62. The van der Waals surface area contributed by atoms with Gasteiger partial charge in [0.25, 0.3) is 0 Å². The van der Waals surface area contributed by atoms with E-state index in [-0.39, 0.29) is 0 Å². The maximum absolute atomic E-state index is 5.48. The molecule has 1 heterocycles. The smallest absolute Gasteiger partial charge is 0.231 e. The molecule has 0 radical (unpaired) electrons. The van der Waals surface area contributed by atoms with Crippen molar-refractivity contribution in [3.05, 3.63) is 23.8 Å². The van der Waals surface area contributed by atoms with Gasteiger partial charge in [0.05, 0.1) is 0 Å². The molecule has 0 saturated heterocycles. The van der Waals surface area contributed by atoms with Crippen molar-refractivity contribution >= 4 is 0 Å². The second-order valence-electron chi connectivity index (χ2n) is 6.54. The van der Waals surface area contributed by atoms with Gasteiger partial charge in [-0.25, -0.2) is 0 Å². The summed E-state index contributed by atoms with van der Waals surface area (Å²) in [6.07, 6.45) is 8.39. The molecule has 2 atom stereocenters. The fourth-order valence-electron chi connectivity index (χ4n) is 3.62. The van der Waals surface area contributed by atoms with Crippen LogP contribution in [0.25, 0.3) is 0 Å². The molecule has 1 aromatic rings. The Morgan fingerprint density at radius 2 is 1.71 bits per heavy atom. The van der Waals surface area contributed by atoms with Crippen molar-refractivity contribution in [2.75, 3.05) is 6.79 Å². The van der Waals surface area contributed by atoms with Crippen LogP contribution >= 0.6 is 0 Å². The van der Waals surface area contributed by atoms with Crippen molar-refractivity contribution in [1.29, 1.82) is 0 Å². The van der Waals surface area contributed by atoms with Gasteiger partial charge < -0.3 is 14.8 Å². The van der Waals surface area contributed by atoms with Gasteiger partial charge in [-0.15, -0.1) is 0 Å². The number of benzene rings is 1. The molecule has 1 N–H and O–H groups in total. The van der Waals surface area contributed by atoms with Crippen molar-refractivity contribution in [3.8, 4) is 11.5 Å². The number of ether oxygens (including phenoxy) is 2. The summed E-state index contributed by atoms with van der Waals surface area (Å²) in [6, 6.07) is 7.19. The zero-order valence-electron chi connectivity index (χ0n) is 13.2. The Morgan fingerprint density at radius 3 is 2.48 bits per heavy atom. The first-order chi connectivity index (χ1) is 10.2. The van der Waals surface area contributed by atoms with Crippen LogP contribution in [-0.4, -0.2) is 12.8 Å². The standard InChI is InChI=1S/C18H27NO2/c1-13(15-7-5-3-4-6-8-15)19-14(2)16-9-10-17-18(11-16)21-12-20-17/h9-11,13-15,19H,3-8,12H2,1-2H3/t13-,14?/m1/s1. The molecule has 0 amide bonds. The molecule has 1 saturated carbocycles. The van der Waals surface area contributed by atoms with Gasteiger partial charge in [-0.05, 0) is 50.3 Å². The quantitative estimate of drug-likeness (QED) is 0.832. The highest BCUT2D eigenvalue weighted by molar-refractivity contribution is 5.45. The minimum absolute atomic E-state index is 0.345. The summed E-state index contributed by atoms with van der Waals surface area (Å²) in [7, 11) is 0. The van der Waals surface area contributed by atoms with Crippen LogP contribution in [0.4, 0.5) is 0 Å². The Morgan fingerprint density at radius 1 is 1.00 bits per heavy atom. The van der Waals surface area contributed by atoms with Gasteiger partial charge in [0.1, 0.15) is 0 Å². The Balaban J connectivity index is 1.61. The molecule has 0 aromatic heterocycles. The average molecular weight is 289 g/mol. The normalized spacial score (nSPS) is 21.8. The molecule has 3 rings (SSSR count). The highest BCUT2D eigenvalue weighted by Gasteiger charge is 2.22. The van der Waals surface area contributed by atoms with Crippen molar-refractivity contribution < 1.29 is 9.47 Å². The minimum Gasteiger partial charge on any atom is -0.454 e. The highest BCUT2D eigenvalue weighted by atomic mass is 16.7. The lowest BCUT2D eigenvalue weighted by atomic mass is 9.92. The molecular formula is C18H27NO2. The first kappa shape index (κ1) is 14.7. The highest BCUT2D eigenvalue weighted by Crippen LogP contribution is 2.34. The molecule has 1 fully saturated rings. The predicted octanol–water partition coefficient (Wildman–Crippen LogP) is 4.42. The summed E-state index contributed by atoms with van der Waals surface area (Å²) in [5.41, 5.74) is 1.28. The molecular weight excluding hydrogens is 262 g/mol. The van der Waals surface area contributed by atoms with E-state index in [1.54, 1.807) is 0 Å². The van der Waals surface area contributed by atoms with E-state index in [0.717, 1.165) is 17.4 Å². The van der Waals surface area contributed by atoms with Crippen LogP contribution in [0.15, 0.2) is 18.2 Å². The van der Waals surface area contributed by atoms with Crippen molar-refractivity contribution in [2.24, 2.45) is 5.92 Å². The lowest BCUT2D eigenvalue weighted by molar-refractivity contribution is 0.174. The Kier molecular flexibility index (Phi) is 4.69. The molecule has 1 aliphatic carbocycles. The molecule has 3 heteroatoms. The molecule has 1 unspecified atom stereocenters. The van der Waals surface area contributed by atoms with Crippen LogP contribution < -0.4 is 14.8 Å². The molecule has 0 spiro atoms. The van der Waals surface area contributed by atoms with Crippen LogP contribution in [0.2, 0.25) is 0 Å². The third-order valence-corrected chi connectivity index (χ3v) is 5.02. The summed E-state index contributed by atoms with van der Waals surface area (Å²) in [5.74, 6) is 2.56. The van der Waals surface area contributed by atoms with Crippen LogP contribution in [0.5, 0.6) is 11.5 Å². The van der Waals surface area contributed by atoms with E-state index < -0.39 is 0 Å². The van der Waals surface area contributed by atoms with E-state index in [4.69, 9.17) is 9.47 Å². The Hall–Kier alpha value is -1.22. The molecule has 1 aromatic carbocycles. The van der Waals surface area contributed by atoms with Gasteiger partial charge in [0.15, 0.2) is 11.5 Å². The molecule has 1 aliphatic heterocycles. The van der Waals surface area contributed by atoms with Crippen LogP contribution in [-0.2, 0) is 0 Å². The predicted molar refractivity (Wildman–Crippen MR) is 84.8 cm³/mol. The molecule has 21 heavy (non-hydrogen) atoms. The number of fused-ring (bicyclic) bond motifs is 1. The van der Waals surface area contributed by atoms with Gasteiger partial charge in [-0.3, -0.25) is 0 Å². The van der Waals surface area contributed by atoms with Gasteiger partial charge in [0, 0.05) is 12.1 Å². The monoisotopic (exact) mass is 289 g/mol. The lowest BCUT2D eigenvalue weighted by Crippen LogP contribution is -2.35. The topological polar surface area (TPSA) is 30.5 Å². The molecule has 3 nitrogen and oxygen atoms in total. The third-order valence-electron chi connectivity index (χ3n) is 5.02. The summed E-state index contributed by atoms with van der Waals surface area (Å²) >= 11 is 0. The van der Waals surface area contributed by atoms with Crippen LogP contribution in [0, 0.1) is 5.92 Å². The number of rotatable bonds is 4. The molecule has 116 valence electrons. The lowest BCUT2D eigenvalue weighted by Gasteiger charge is -2.27. The number of hydrogen-bond acceptors (Lipinski definition) is 3. The van der Waals surface area contributed by atoms with E-state index in [1.807, 2.05) is 6.07 Å². The summed E-state index contributed by atoms with van der Waals surface area (Å²) in [6.45, 7) is 4.93. The van der Waals surface area contributed by atoms with E-state index in [0.29, 0.717) is 18.9 Å². The zero-order chi connectivity index (χ0) is 14.7. The van der Waals surface area contributed by atoms with E-state index in [9.17, 15) is 0 Å². The first-order valence-corrected chi connectivity index (χ1v) is 8.39. The van der Waals surface area contributed by atoms with E-state index in [1.165, 1.54) is 44.1 Å². The maximum Gasteiger partial charge on any atom is 0.231 e. The minimum atomic E-state index is 0.345. The third kappa shape index (κ3) is 3.52. The number of hydrogen-bond donors (Lipinski definition) is 1. The van der Waals surface area contributed by atoms with Crippen molar-refractivity contribution in [2.45, 2.75) is 64.5 Å². The van der Waals surface area contributed by atoms with E-state index in [2.05, 4.69) is 31.3 Å². The largest absolute Gasteiger partial charge is 0.454 e. The average Bonchev–Trinajstić information content (AvgIpc) is 2.78. The van der Waals surface area contributed by atoms with Gasteiger partial charge in [-0.2, -0.15) is 0 Å². The SMILES string of the molecule is CC(N[C@H](C)C1CCCCCC1)c1ccc2c(c1)OCO2. The van der Waals surface area contributed by atoms with Crippen LogP contribution in [0.3, 0.4) is 0 Å². The second-order valence-corrected chi connectivity index (χ2v) is 6.54. The van der Waals surface area contributed by atoms with E-state index >= 15 is 0 Å². The van der Waals surface area contributed by atoms with Crippen molar-refractivity contribution in [1.82, 2.24) is 5.32 Å². The Bertz CT molecular complexity index is 466. The van der Waals surface area contributed by atoms with Gasteiger partial charge in [-0.1, -0.05) is 31.7 Å². The Labute approximate surface area is 128 Å². The summed E-state index contributed by atoms with van der Waals surface area (Å²) in [4.78, 5) is 0. The second kappa shape index (κ2) is 6.69. The fraction of sp³-hybridized carbons (Fsp3) is 0.667. The van der Waals surface area contributed by atoms with Crippen LogP contribution in [0.1, 0.15) is 64.0 Å². The molecule has 0 bridgehead atoms. The summed E-state index contributed by atoms with van der Waals surface area (Å²) < 4.78 is 10.9. The summed E-state index contributed by atoms with van der Waals surface area (Å²) in [5, 5.41) is 3.79. The number of nitrogens with one attached hydrogen (secondary N) is 1. The first-order valence-electron chi connectivity index (χ1n) is 8.39.